The van der Waals surface area contributed by atoms with Gasteiger partial charge in [-0.2, -0.15) is 0 Å². The van der Waals surface area contributed by atoms with Gasteiger partial charge in [0.05, 0.1) is 31.1 Å². The molecule has 3 aliphatic rings. The van der Waals surface area contributed by atoms with Gasteiger partial charge in [-0.05, 0) is 30.7 Å². The minimum atomic E-state index is -1.88. The van der Waals surface area contributed by atoms with Gasteiger partial charge in [-0.25, -0.2) is 9.37 Å². The maximum absolute atomic E-state index is 15.5. The van der Waals surface area contributed by atoms with Crippen molar-refractivity contribution < 1.29 is 18.7 Å². The number of hydrogen-bond acceptors (Lipinski definition) is 5. The second kappa shape index (κ2) is 7.58. The van der Waals surface area contributed by atoms with Crippen LogP contribution in [0.4, 0.5) is 10.1 Å². The van der Waals surface area contributed by atoms with Crippen LogP contribution >= 0.6 is 0 Å². The number of aromatic nitrogens is 2. The molecule has 32 heavy (non-hydrogen) atoms. The molecule has 5 rings (SSSR count). The van der Waals surface area contributed by atoms with Gasteiger partial charge in [-0.1, -0.05) is 0 Å². The molecule has 0 saturated carbocycles. The van der Waals surface area contributed by atoms with Gasteiger partial charge in [0.25, 0.3) is 5.91 Å². The van der Waals surface area contributed by atoms with Crippen LogP contribution < -0.4 is 4.90 Å². The topological polar surface area (TPSA) is 70.9 Å². The Balaban J connectivity index is 1.55. The molecule has 0 bridgehead atoms. The number of fused-ring (bicyclic) bond motifs is 4. The van der Waals surface area contributed by atoms with Crippen LogP contribution in [0.1, 0.15) is 25.0 Å². The maximum Gasteiger partial charge on any atom is 0.260 e. The van der Waals surface area contributed by atoms with Crippen LogP contribution in [-0.2, 0) is 19.9 Å². The van der Waals surface area contributed by atoms with Crippen LogP contribution in [-0.4, -0.2) is 83.8 Å². The van der Waals surface area contributed by atoms with E-state index in [2.05, 4.69) is 9.88 Å². The molecule has 5 heterocycles. The number of likely N-dealkylation sites (N-methyl/N-ethyl adjacent to an activating group) is 1. The van der Waals surface area contributed by atoms with E-state index in [4.69, 9.17) is 4.74 Å². The highest BCUT2D eigenvalue weighted by atomic mass is 19.1. The highest BCUT2D eigenvalue weighted by Gasteiger charge is 2.54. The molecule has 9 heteroatoms. The predicted octanol–water partition coefficient (Wildman–Crippen LogP) is 1.73. The molecule has 2 amide bonds. The summed E-state index contributed by atoms with van der Waals surface area (Å²) in [6.07, 6.45) is 4.45. The number of carbonyl (C=O) groups is 2. The van der Waals surface area contributed by atoms with Gasteiger partial charge in [0.2, 0.25) is 5.91 Å². The number of halogens is 1. The molecule has 2 fully saturated rings. The van der Waals surface area contributed by atoms with Gasteiger partial charge in [0, 0.05) is 52.4 Å². The number of hydrogen-bond donors (Lipinski definition) is 0. The van der Waals surface area contributed by atoms with Crippen LogP contribution in [0.15, 0.2) is 36.7 Å². The molecule has 0 aliphatic carbocycles. The quantitative estimate of drug-likeness (QED) is 0.726. The molecule has 2 aromatic heterocycles. The van der Waals surface area contributed by atoms with Crippen molar-refractivity contribution in [2.45, 2.75) is 30.5 Å². The number of amides is 2. The normalized spacial score (nSPS) is 23.7. The second-order valence-corrected chi connectivity index (χ2v) is 9.07. The first kappa shape index (κ1) is 20.9. The molecule has 3 aliphatic heterocycles. The zero-order valence-corrected chi connectivity index (χ0v) is 18.5. The lowest BCUT2D eigenvalue weighted by atomic mass is 9.88. The van der Waals surface area contributed by atoms with Gasteiger partial charge >= 0.3 is 0 Å². The Morgan fingerprint density at radius 1 is 1.19 bits per heavy atom. The third kappa shape index (κ3) is 3.09. The van der Waals surface area contributed by atoms with Crippen LogP contribution in [0.2, 0.25) is 0 Å². The Hall–Kier alpha value is -2.94. The largest absolute Gasteiger partial charge is 0.381 e. The average molecular weight is 442 g/mol. The van der Waals surface area contributed by atoms with E-state index in [0.29, 0.717) is 19.5 Å². The molecule has 1 unspecified atom stereocenters. The standard InChI is InChI=1S/C23H28FN5O3/c1-26(2)19(30)15-29-17-5-3-10-25-20(17)28-11-4-6-18(28)23(29)7-12-27(16-23)21(31)22(24)8-13-32-14-9-22/h3-6,10-11H,7-9,12-16H2,1-2H3. The maximum atomic E-state index is 15.5. The molecule has 170 valence electrons. The first-order valence-electron chi connectivity index (χ1n) is 11.0. The molecule has 1 spiro atoms. The van der Waals surface area contributed by atoms with E-state index in [1.54, 1.807) is 30.1 Å². The van der Waals surface area contributed by atoms with Gasteiger partial charge in [0.1, 0.15) is 5.54 Å². The van der Waals surface area contributed by atoms with Gasteiger partial charge in [0.15, 0.2) is 11.5 Å². The lowest BCUT2D eigenvalue weighted by Crippen LogP contribution is -2.56. The third-order valence-electron chi connectivity index (χ3n) is 7.02. The second-order valence-electron chi connectivity index (χ2n) is 9.07. The number of alkyl halides is 1. The van der Waals surface area contributed by atoms with E-state index in [1.807, 2.05) is 35.0 Å². The van der Waals surface area contributed by atoms with Gasteiger partial charge in [-0.15, -0.1) is 0 Å². The molecule has 8 nitrogen and oxygen atoms in total. The molecule has 1 atom stereocenters. The fraction of sp³-hybridized carbons (Fsp3) is 0.522. The van der Waals surface area contributed by atoms with E-state index in [0.717, 1.165) is 17.2 Å². The Kier molecular flexibility index (Phi) is 4.96. The lowest BCUT2D eigenvalue weighted by molar-refractivity contribution is -0.149. The average Bonchev–Trinajstić information content (AvgIpc) is 3.45. The molecule has 2 saturated heterocycles. The third-order valence-corrected chi connectivity index (χ3v) is 7.02. The molecule has 0 radical (unpaired) electrons. The predicted molar refractivity (Wildman–Crippen MR) is 116 cm³/mol. The van der Waals surface area contributed by atoms with E-state index in [1.165, 1.54) is 0 Å². The minimum absolute atomic E-state index is 0.0460. The SMILES string of the molecule is CN(C)C(=O)CN1c2cccnc2-n2cccc2C12CCN(C(=O)C1(F)CCOCC1)C2. The monoisotopic (exact) mass is 441 g/mol. The zero-order valence-electron chi connectivity index (χ0n) is 18.5. The van der Waals surface area contributed by atoms with Crippen LogP contribution in [0.25, 0.3) is 5.82 Å². The fourth-order valence-corrected chi connectivity index (χ4v) is 5.20. The first-order valence-corrected chi connectivity index (χ1v) is 11.0. The number of anilines is 1. The van der Waals surface area contributed by atoms with Crippen LogP contribution in [0.5, 0.6) is 0 Å². The van der Waals surface area contributed by atoms with Crippen molar-refractivity contribution in [2.24, 2.45) is 0 Å². The van der Waals surface area contributed by atoms with E-state index in [-0.39, 0.29) is 38.5 Å². The number of likely N-dealkylation sites (tertiary alicyclic amines) is 1. The molecule has 0 aromatic carbocycles. The summed E-state index contributed by atoms with van der Waals surface area (Å²) < 4.78 is 22.8. The molecular formula is C23H28FN5O3. The Bertz CT molecular complexity index is 1050. The van der Waals surface area contributed by atoms with Crippen LogP contribution in [0, 0.1) is 0 Å². The van der Waals surface area contributed by atoms with Crippen LogP contribution in [0.3, 0.4) is 0 Å². The molecule has 0 N–H and O–H groups in total. The smallest absolute Gasteiger partial charge is 0.260 e. The molecular weight excluding hydrogens is 413 g/mol. The van der Waals surface area contributed by atoms with Gasteiger partial charge < -0.3 is 24.0 Å². The Morgan fingerprint density at radius 2 is 1.97 bits per heavy atom. The minimum Gasteiger partial charge on any atom is -0.381 e. The lowest BCUT2D eigenvalue weighted by Gasteiger charge is -2.47. The van der Waals surface area contributed by atoms with Crippen molar-refractivity contribution in [3.05, 3.63) is 42.4 Å². The van der Waals surface area contributed by atoms with Crippen molar-refractivity contribution in [2.75, 3.05) is 51.8 Å². The fourth-order valence-electron chi connectivity index (χ4n) is 5.20. The summed E-state index contributed by atoms with van der Waals surface area (Å²) in [6.45, 7) is 1.41. The Morgan fingerprint density at radius 3 is 2.72 bits per heavy atom. The van der Waals surface area contributed by atoms with E-state index < -0.39 is 17.1 Å². The van der Waals surface area contributed by atoms with Crippen molar-refractivity contribution in [1.29, 1.82) is 0 Å². The zero-order chi connectivity index (χ0) is 22.5. The highest BCUT2D eigenvalue weighted by Crippen LogP contribution is 2.47. The van der Waals surface area contributed by atoms with Gasteiger partial charge in [-0.3, -0.25) is 9.59 Å². The van der Waals surface area contributed by atoms with Crippen molar-refractivity contribution in [3.8, 4) is 5.82 Å². The number of ether oxygens (including phenoxy) is 1. The summed E-state index contributed by atoms with van der Waals surface area (Å²) in [4.78, 5) is 35.9. The summed E-state index contributed by atoms with van der Waals surface area (Å²) in [5.41, 5.74) is -0.723. The Labute approximate surface area is 186 Å². The molecule has 2 aromatic rings. The summed E-state index contributed by atoms with van der Waals surface area (Å²) >= 11 is 0. The first-order chi connectivity index (χ1) is 15.4. The summed E-state index contributed by atoms with van der Waals surface area (Å²) in [7, 11) is 3.46. The number of pyridine rings is 1. The summed E-state index contributed by atoms with van der Waals surface area (Å²) in [5, 5.41) is 0. The number of carbonyl (C=O) groups excluding carboxylic acids is 2. The number of rotatable bonds is 3. The van der Waals surface area contributed by atoms with E-state index >= 15 is 4.39 Å². The summed E-state index contributed by atoms with van der Waals surface area (Å²) in [5.74, 6) is 0.239. The van der Waals surface area contributed by atoms with Crippen molar-refractivity contribution in [1.82, 2.24) is 19.4 Å². The van der Waals surface area contributed by atoms with Crippen molar-refractivity contribution in [3.63, 3.8) is 0 Å². The van der Waals surface area contributed by atoms with E-state index in [9.17, 15) is 9.59 Å². The highest BCUT2D eigenvalue weighted by molar-refractivity contribution is 5.87. The van der Waals surface area contributed by atoms with Crippen molar-refractivity contribution >= 4 is 17.5 Å². The summed E-state index contributed by atoms with van der Waals surface area (Å²) in [6, 6.07) is 7.77. The number of nitrogens with zero attached hydrogens (tertiary/aromatic N) is 5.